The minimum Gasteiger partial charge on any atom is -0.465 e. The van der Waals surface area contributed by atoms with Crippen LogP contribution in [0.5, 0.6) is 0 Å². The van der Waals surface area contributed by atoms with Crippen LogP contribution < -0.4 is 14.7 Å². The Hall–Kier alpha value is -11.9. The first-order chi connectivity index (χ1) is 44.0. The number of hydrogen-bond donors (Lipinski definition) is 0. The summed E-state index contributed by atoms with van der Waals surface area (Å²) in [5, 5.41) is 7.00. The standard InChI is InChI=1S/C80H48F3N5O2/c1-47-34-39-51(40-35-47)87(69-32-16-26-59-57-24-14-29-65(84-3)75(57)89-77(59)69)71-45-63-73(55-22-10-8-20-53(55)71)74-56-23-11-9-21-54(56)72(46-64(74)79(63)61-28-12-13-31-67(61)86(50-18-6-5-7-19-50)68-43-36-48(2)44-62(68)79)88(52-41-37-49(38-42-52)80(81,82)83)70-33-17-27-60-58-25-15-30-66(85-4)76(58)90-78(60)70/h5-46H,1-2H3. The maximum atomic E-state index is 14.7. The molecule has 0 saturated heterocycles. The van der Waals surface area contributed by atoms with E-state index in [1.807, 2.05) is 59.5 Å². The molecule has 17 rings (SSSR count). The first kappa shape index (κ1) is 52.5. The average Bonchev–Trinajstić information content (AvgIpc) is 1.42. The number of anilines is 9. The fourth-order valence-corrected chi connectivity index (χ4v) is 14.6. The van der Waals surface area contributed by atoms with Gasteiger partial charge in [-0.25, -0.2) is 9.69 Å². The number of rotatable bonds is 7. The number of alkyl halides is 3. The lowest BCUT2D eigenvalue weighted by molar-refractivity contribution is -0.137. The number of nitrogens with zero attached hydrogens (tertiary/aromatic N) is 5. The molecule has 0 bridgehead atoms. The second-order valence-electron chi connectivity index (χ2n) is 23.3. The number of hydrogen-bond acceptors (Lipinski definition) is 5. The molecule has 0 fully saturated rings. The number of para-hydroxylation sites is 6. The topological polar surface area (TPSA) is 44.7 Å². The van der Waals surface area contributed by atoms with E-state index < -0.39 is 17.2 Å². The third kappa shape index (κ3) is 7.46. The van der Waals surface area contributed by atoms with Crippen molar-refractivity contribution in [2.24, 2.45) is 0 Å². The molecule has 13 aromatic carbocycles. The summed E-state index contributed by atoms with van der Waals surface area (Å²) in [4.78, 5) is 14.5. The van der Waals surface area contributed by atoms with E-state index in [1.165, 1.54) is 12.1 Å². The number of halogens is 3. The van der Waals surface area contributed by atoms with E-state index in [4.69, 9.17) is 22.0 Å². The van der Waals surface area contributed by atoms with Crippen LogP contribution in [0.4, 0.5) is 75.7 Å². The molecule has 0 N–H and O–H groups in total. The molecule has 0 amide bonds. The van der Waals surface area contributed by atoms with E-state index in [9.17, 15) is 13.2 Å². The molecule has 2 aliphatic rings. The van der Waals surface area contributed by atoms with Crippen LogP contribution in [-0.2, 0) is 11.6 Å². The highest BCUT2D eigenvalue weighted by molar-refractivity contribution is 6.21. The van der Waals surface area contributed by atoms with Crippen molar-refractivity contribution >= 4 is 128 Å². The summed E-state index contributed by atoms with van der Waals surface area (Å²) in [5.41, 5.74) is 16.5. The third-order valence-electron chi connectivity index (χ3n) is 18.4. The Morgan fingerprint density at radius 2 is 0.811 bits per heavy atom. The van der Waals surface area contributed by atoms with Gasteiger partial charge in [0.1, 0.15) is 11.2 Å². The molecule has 1 unspecified atom stereocenters. The molecule has 0 radical (unpaired) electrons. The largest absolute Gasteiger partial charge is 0.465 e. The lowest BCUT2D eigenvalue weighted by Crippen LogP contribution is -2.36. The van der Waals surface area contributed by atoms with Gasteiger partial charge in [-0.15, -0.1) is 0 Å². The fraction of sp³-hybridized carbons (Fsp3) is 0.0500. The Bertz CT molecular complexity index is 5620. The van der Waals surface area contributed by atoms with Crippen LogP contribution in [0.15, 0.2) is 264 Å². The van der Waals surface area contributed by atoms with Gasteiger partial charge in [0.25, 0.3) is 0 Å². The van der Waals surface area contributed by atoms with Crippen molar-refractivity contribution < 1.29 is 22.0 Å². The van der Waals surface area contributed by atoms with E-state index in [2.05, 4.69) is 197 Å². The Balaban J connectivity index is 1.05. The summed E-state index contributed by atoms with van der Waals surface area (Å²) in [6.07, 6.45) is -4.60. The molecule has 2 aromatic heterocycles. The molecule has 10 heteroatoms. The van der Waals surface area contributed by atoms with E-state index >= 15 is 0 Å². The normalized spacial score (nSPS) is 14.1. The molecular weight excluding hydrogens is 1120 g/mol. The Labute approximate surface area is 515 Å². The zero-order valence-electron chi connectivity index (χ0n) is 48.4. The van der Waals surface area contributed by atoms with Gasteiger partial charge < -0.3 is 23.5 Å². The maximum Gasteiger partial charge on any atom is 0.416 e. The van der Waals surface area contributed by atoms with Crippen LogP contribution in [0.2, 0.25) is 0 Å². The maximum absolute atomic E-state index is 14.7. The molecule has 1 atom stereocenters. The summed E-state index contributed by atoms with van der Waals surface area (Å²) in [5.74, 6) is 0. The average molecular weight is 1170 g/mol. The van der Waals surface area contributed by atoms with Gasteiger partial charge in [-0.2, -0.15) is 13.2 Å². The quantitative estimate of drug-likeness (QED) is 0.149. The summed E-state index contributed by atoms with van der Waals surface area (Å²) in [6, 6.07) is 84.9. The Morgan fingerprint density at radius 3 is 1.33 bits per heavy atom. The number of aryl methyl sites for hydroxylation is 2. The zero-order chi connectivity index (χ0) is 60.7. The van der Waals surface area contributed by atoms with Gasteiger partial charge in [0.15, 0.2) is 11.2 Å². The minimum atomic E-state index is -4.60. The van der Waals surface area contributed by atoms with Crippen LogP contribution in [-0.4, -0.2) is 0 Å². The first-order valence-electron chi connectivity index (χ1n) is 29.7. The van der Waals surface area contributed by atoms with Gasteiger partial charge >= 0.3 is 6.18 Å². The highest BCUT2D eigenvalue weighted by atomic mass is 19.4. The van der Waals surface area contributed by atoms with Crippen LogP contribution in [0.25, 0.3) is 86.2 Å². The minimum absolute atomic E-state index is 0.351. The molecule has 0 saturated carbocycles. The predicted molar refractivity (Wildman–Crippen MR) is 358 cm³/mol. The van der Waals surface area contributed by atoms with Gasteiger partial charge in [-0.1, -0.05) is 181 Å². The summed E-state index contributed by atoms with van der Waals surface area (Å²) < 4.78 is 58.0. The molecule has 1 spiro atoms. The van der Waals surface area contributed by atoms with Crippen LogP contribution in [0.3, 0.4) is 0 Å². The second kappa shape index (κ2) is 19.6. The van der Waals surface area contributed by atoms with E-state index in [0.29, 0.717) is 50.8 Å². The Morgan fingerprint density at radius 1 is 0.378 bits per heavy atom. The number of furan rings is 2. The van der Waals surface area contributed by atoms with E-state index in [1.54, 1.807) is 12.1 Å². The van der Waals surface area contributed by atoms with E-state index in [-0.39, 0.29) is 0 Å². The summed E-state index contributed by atoms with van der Waals surface area (Å²) in [7, 11) is 0. The summed E-state index contributed by atoms with van der Waals surface area (Å²) >= 11 is 0. The smallest absolute Gasteiger partial charge is 0.416 e. The third-order valence-corrected chi connectivity index (χ3v) is 18.4. The van der Waals surface area contributed by atoms with Crippen LogP contribution in [0, 0.1) is 27.0 Å². The number of benzene rings is 13. The lowest BCUT2D eigenvalue weighted by atomic mass is 9.64. The fourth-order valence-electron chi connectivity index (χ4n) is 14.6. The van der Waals surface area contributed by atoms with Crippen molar-refractivity contribution in [2.45, 2.75) is 25.4 Å². The number of fused-ring (bicyclic) bond motifs is 19. The van der Waals surface area contributed by atoms with Crippen molar-refractivity contribution in [2.75, 3.05) is 14.7 Å². The van der Waals surface area contributed by atoms with Gasteiger partial charge in [-0.05, 0) is 143 Å². The monoisotopic (exact) mass is 1170 g/mol. The van der Waals surface area contributed by atoms with Crippen molar-refractivity contribution in [3.05, 3.63) is 317 Å². The van der Waals surface area contributed by atoms with Crippen LogP contribution in [0.1, 0.15) is 38.9 Å². The van der Waals surface area contributed by atoms with E-state index in [0.717, 1.165) is 134 Å². The first-order valence-corrected chi connectivity index (χ1v) is 29.7. The van der Waals surface area contributed by atoms with Crippen molar-refractivity contribution in [3.8, 4) is 11.1 Å². The molecule has 1 aliphatic carbocycles. The van der Waals surface area contributed by atoms with Gasteiger partial charge in [0.05, 0.1) is 58.2 Å². The molecule has 15 aromatic rings. The van der Waals surface area contributed by atoms with Crippen molar-refractivity contribution in [3.63, 3.8) is 0 Å². The highest BCUT2D eigenvalue weighted by Gasteiger charge is 2.54. The SMILES string of the molecule is [C-]#[N+]c1cccc2c1oc1c(N(c3ccc(C)cc3)c3cc4c(c5ccccc35)-c3c(cc(N(c5ccc(C(F)(F)F)cc5)c5cccc6c5oc5c([N+]#[C-])cccc56)c5ccccc35)C43c4ccccc4N(c4ccccc4)c4ccc(C)cc43)cccc12. The predicted octanol–water partition coefficient (Wildman–Crippen LogP) is 23.6. The van der Waals surface area contributed by atoms with Gasteiger partial charge in [0.2, 0.25) is 11.4 Å². The van der Waals surface area contributed by atoms with Crippen molar-refractivity contribution in [1.29, 1.82) is 0 Å². The molecular formula is C80H48F3N5O2. The highest BCUT2D eigenvalue weighted by Crippen LogP contribution is 2.68. The van der Waals surface area contributed by atoms with Gasteiger partial charge in [-0.3, -0.25) is 0 Å². The molecule has 90 heavy (non-hydrogen) atoms. The zero-order valence-corrected chi connectivity index (χ0v) is 48.4. The molecule has 7 nitrogen and oxygen atoms in total. The van der Waals surface area contributed by atoms with Crippen LogP contribution >= 0.6 is 0 Å². The molecule has 3 heterocycles. The molecule has 426 valence electrons. The second-order valence-corrected chi connectivity index (χ2v) is 23.3. The van der Waals surface area contributed by atoms with Gasteiger partial charge in [0, 0.05) is 49.4 Å². The van der Waals surface area contributed by atoms with Crippen molar-refractivity contribution in [1.82, 2.24) is 0 Å². The lowest BCUT2D eigenvalue weighted by Gasteiger charge is -2.45. The summed E-state index contributed by atoms with van der Waals surface area (Å²) in [6.45, 7) is 20.6. The Kier molecular flexibility index (Phi) is 11.4. The molecule has 1 aliphatic heterocycles.